The molecule has 4 heteroatoms. The molecule has 110 valence electrons. The van der Waals surface area contributed by atoms with Crippen LogP contribution in [0.25, 0.3) is 0 Å². The molecule has 1 fully saturated rings. The monoisotopic (exact) mass is 275 g/mol. The van der Waals surface area contributed by atoms with Gasteiger partial charge in [-0.05, 0) is 25.6 Å². The molecule has 0 aliphatic carbocycles. The molecule has 1 aromatic rings. The fraction of sp³-hybridized carbons (Fsp3) is 0.625. The summed E-state index contributed by atoms with van der Waals surface area (Å²) in [5.74, 6) is 1.62. The van der Waals surface area contributed by atoms with Crippen LogP contribution in [0.3, 0.4) is 0 Å². The van der Waals surface area contributed by atoms with Crippen molar-refractivity contribution in [2.45, 2.75) is 12.3 Å². The van der Waals surface area contributed by atoms with Crippen molar-refractivity contribution in [1.82, 2.24) is 9.80 Å². The number of nitrogens with zero attached hydrogens (tertiary/aromatic N) is 2. The van der Waals surface area contributed by atoms with E-state index in [1.165, 1.54) is 25.1 Å². The molecule has 0 aromatic heterocycles. The van der Waals surface area contributed by atoms with Crippen molar-refractivity contribution >= 4 is 0 Å². The van der Waals surface area contributed by atoms with Gasteiger partial charge in [-0.25, -0.2) is 0 Å². The van der Waals surface area contributed by atoms with Crippen LogP contribution in [0.15, 0.2) is 24.3 Å². The molecule has 3 rings (SSSR count). The Morgan fingerprint density at radius 1 is 1.10 bits per heavy atom. The van der Waals surface area contributed by atoms with Gasteiger partial charge >= 0.3 is 0 Å². The van der Waals surface area contributed by atoms with Gasteiger partial charge in [-0.1, -0.05) is 18.2 Å². The Kier molecular flexibility index (Phi) is 4.55. The molecule has 1 atom stereocenters. The number of benzene rings is 1. The molecule has 0 saturated carbocycles. The quantitative estimate of drug-likeness (QED) is 0.894. The summed E-state index contributed by atoms with van der Waals surface area (Å²) in [5.41, 5.74) is 7.04. The minimum atomic E-state index is 0.534. The van der Waals surface area contributed by atoms with Gasteiger partial charge in [0.05, 0.1) is 6.61 Å². The fourth-order valence-electron chi connectivity index (χ4n) is 3.31. The van der Waals surface area contributed by atoms with Crippen LogP contribution < -0.4 is 10.5 Å². The summed E-state index contributed by atoms with van der Waals surface area (Å²) in [6.07, 6.45) is 1.25. The van der Waals surface area contributed by atoms with Crippen molar-refractivity contribution in [1.29, 1.82) is 0 Å². The van der Waals surface area contributed by atoms with E-state index in [1.807, 2.05) is 0 Å². The molecule has 1 aromatic carbocycles. The van der Waals surface area contributed by atoms with Gasteiger partial charge in [0.2, 0.25) is 0 Å². The minimum Gasteiger partial charge on any atom is -0.493 e. The Balaban J connectivity index is 1.56. The summed E-state index contributed by atoms with van der Waals surface area (Å²) in [6.45, 7) is 8.43. The van der Waals surface area contributed by atoms with Crippen molar-refractivity contribution in [2.24, 2.45) is 5.73 Å². The Bertz CT molecular complexity index is 437. The molecule has 4 nitrogen and oxygen atoms in total. The summed E-state index contributed by atoms with van der Waals surface area (Å²) in [6, 6.07) is 8.47. The largest absolute Gasteiger partial charge is 0.493 e. The second-order valence-electron chi connectivity index (χ2n) is 5.83. The van der Waals surface area contributed by atoms with Gasteiger partial charge in [0, 0.05) is 44.2 Å². The van der Waals surface area contributed by atoms with E-state index in [0.29, 0.717) is 5.92 Å². The highest BCUT2D eigenvalue weighted by Crippen LogP contribution is 2.33. The Labute approximate surface area is 121 Å². The number of rotatable bonds is 4. The molecule has 2 N–H and O–H groups in total. The first kappa shape index (κ1) is 13.9. The van der Waals surface area contributed by atoms with E-state index in [0.717, 1.165) is 45.1 Å². The summed E-state index contributed by atoms with van der Waals surface area (Å²) in [5, 5.41) is 0. The number of hydrogen-bond acceptors (Lipinski definition) is 4. The normalized spacial score (nSPS) is 24.1. The lowest BCUT2D eigenvalue weighted by molar-refractivity contribution is 0.231. The van der Waals surface area contributed by atoms with Gasteiger partial charge in [-0.2, -0.15) is 0 Å². The number of hydrogen-bond donors (Lipinski definition) is 1. The second kappa shape index (κ2) is 6.57. The second-order valence-corrected chi connectivity index (χ2v) is 5.83. The van der Waals surface area contributed by atoms with Gasteiger partial charge in [0.1, 0.15) is 5.75 Å². The summed E-state index contributed by atoms with van der Waals surface area (Å²) in [4.78, 5) is 5.08. The molecule has 2 aliphatic rings. The van der Waals surface area contributed by atoms with Crippen LogP contribution in [0.4, 0.5) is 0 Å². The average Bonchev–Trinajstić information content (AvgIpc) is 2.74. The smallest absolute Gasteiger partial charge is 0.122 e. The van der Waals surface area contributed by atoms with Gasteiger partial charge < -0.3 is 20.3 Å². The van der Waals surface area contributed by atoms with Crippen LogP contribution in [-0.4, -0.2) is 62.2 Å². The SMILES string of the molecule is NCCN1CCCN(CC2COc3ccccc32)CC1. The highest BCUT2D eigenvalue weighted by molar-refractivity contribution is 5.39. The molecule has 2 heterocycles. The lowest BCUT2D eigenvalue weighted by Crippen LogP contribution is -2.35. The molecule has 0 radical (unpaired) electrons. The van der Waals surface area contributed by atoms with Crippen molar-refractivity contribution in [3.05, 3.63) is 29.8 Å². The maximum Gasteiger partial charge on any atom is 0.122 e. The topological polar surface area (TPSA) is 41.7 Å². The first-order valence-electron chi connectivity index (χ1n) is 7.73. The van der Waals surface area contributed by atoms with Crippen LogP contribution >= 0.6 is 0 Å². The zero-order valence-electron chi connectivity index (χ0n) is 12.1. The zero-order chi connectivity index (χ0) is 13.8. The van der Waals surface area contributed by atoms with E-state index in [1.54, 1.807) is 0 Å². The van der Waals surface area contributed by atoms with E-state index in [9.17, 15) is 0 Å². The third-order valence-corrected chi connectivity index (χ3v) is 4.40. The van der Waals surface area contributed by atoms with Crippen molar-refractivity contribution in [3.8, 4) is 5.75 Å². The lowest BCUT2D eigenvalue weighted by Gasteiger charge is -2.23. The first-order valence-corrected chi connectivity index (χ1v) is 7.73. The van der Waals surface area contributed by atoms with E-state index in [-0.39, 0.29) is 0 Å². The number of ether oxygens (including phenoxy) is 1. The fourth-order valence-corrected chi connectivity index (χ4v) is 3.31. The van der Waals surface area contributed by atoms with Crippen molar-refractivity contribution in [2.75, 3.05) is 52.4 Å². The van der Waals surface area contributed by atoms with Crippen LogP contribution in [0, 0.1) is 0 Å². The molecule has 0 bridgehead atoms. The first-order chi connectivity index (χ1) is 9.86. The Morgan fingerprint density at radius 3 is 2.80 bits per heavy atom. The van der Waals surface area contributed by atoms with Crippen LogP contribution in [0.5, 0.6) is 5.75 Å². The molecule has 0 amide bonds. The summed E-state index contributed by atoms with van der Waals surface area (Å²) < 4.78 is 5.79. The van der Waals surface area contributed by atoms with Crippen LogP contribution in [-0.2, 0) is 0 Å². The predicted octanol–water partition coefficient (Wildman–Crippen LogP) is 1.13. The number of nitrogens with two attached hydrogens (primary N) is 1. The molecule has 0 spiro atoms. The summed E-state index contributed by atoms with van der Waals surface area (Å²) >= 11 is 0. The molecule has 2 aliphatic heterocycles. The molecule has 1 saturated heterocycles. The van der Waals surface area contributed by atoms with Crippen molar-refractivity contribution in [3.63, 3.8) is 0 Å². The molecular formula is C16H25N3O. The van der Waals surface area contributed by atoms with Gasteiger partial charge in [0.15, 0.2) is 0 Å². The zero-order valence-corrected chi connectivity index (χ0v) is 12.1. The summed E-state index contributed by atoms with van der Waals surface area (Å²) in [7, 11) is 0. The van der Waals surface area contributed by atoms with E-state index in [4.69, 9.17) is 10.5 Å². The van der Waals surface area contributed by atoms with Gasteiger partial charge in [-0.15, -0.1) is 0 Å². The highest BCUT2D eigenvalue weighted by Gasteiger charge is 2.26. The van der Waals surface area contributed by atoms with Crippen LogP contribution in [0.1, 0.15) is 17.9 Å². The third-order valence-electron chi connectivity index (χ3n) is 4.40. The minimum absolute atomic E-state index is 0.534. The molecule has 1 unspecified atom stereocenters. The molecular weight excluding hydrogens is 250 g/mol. The van der Waals surface area contributed by atoms with Gasteiger partial charge in [0.25, 0.3) is 0 Å². The lowest BCUT2D eigenvalue weighted by atomic mass is 10.0. The van der Waals surface area contributed by atoms with Crippen LogP contribution in [0.2, 0.25) is 0 Å². The van der Waals surface area contributed by atoms with E-state index in [2.05, 4.69) is 34.1 Å². The number of fused-ring (bicyclic) bond motifs is 1. The van der Waals surface area contributed by atoms with E-state index >= 15 is 0 Å². The molecule has 20 heavy (non-hydrogen) atoms. The average molecular weight is 275 g/mol. The Hall–Kier alpha value is -1.10. The highest BCUT2D eigenvalue weighted by atomic mass is 16.5. The Morgan fingerprint density at radius 2 is 1.90 bits per heavy atom. The third kappa shape index (κ3) is 3.14. The van der Waals surface area contributed by atoms with Crippen molar-refractivity contribution < 1.29 is 4.74 Å². The van der Waals surface area contributed by atoms with E-state index < -0.39 is 0 Å². The maximum absolute atomic E-state index is 5.79. The maximum atomic E-state index is 5.79. The standard InChI is InChI=1S/C16H25N3O/c17-6-9-18-7-3-8-19(11-10-18)12-14-13-20-16-5-2-1-4-15(14)16/h1-2,4-5,14H,3,6-13,17H2. The predicted molar refractivity (Wildman–Crippen MR) is 81.2 cm³/mol. The van der Waals surface area contributed by atoms with Gasteiger partial charge in [-0.3, -0.25) is 0 Å². The number of para-hydroxylation sites is 1.